The Bertz CT molecular complexity index is 1380. The average molecular weight is 498 g/mol. The van der Waals surface area contributed by atoms with E-state index in [2.05, 4.69) is 5.32 Å². The number of nitrogens with zero attached hydrogens (tertiary/aromatic N) is 2. The summed E-state index contributed by atoms with van der Waals surface area (Å²) in [5, 5.41) is 3.61. The van der Waals surface area contributed by atoms with Crippen molar-refractivity contribution in [3.05, 3.63) is 80.6 Å². The SMILES string of the molecule is CC(Sc1nc2sc3c(c2c(=O)n1Cc1ccco1)CCCC3)C(=O)NCc1ccc(F)cc1. The highest BCUT2D eigenvalue weighted by molar-refractivity contribution is 8.00. The number of thiophene rings is 1. The monoisotopic (exact) mass is 497 g/mol. The van der Waals surface area contributed by atoms with Crippen LogP contribution in [0.2, 0.25) is 0 Å². The molecule has 0 saturated heterocycles. The number of amides is 1. The minimum absolute atomic E-state index is 0.0813. The molecular weight excluding hydrogens is 473 g/mol. The van der Waals surface area contributed by atoms with Gasteiger partial charge in [-0.15, -0.1) is 11.3 Å². The molecule has 6 nitrogen and oxygen atoms in total. The zero-order valence-corrected chi connectivity index (χ0v) is 20.3. The third-order valence-electron chi connectivity index (χ3n) is 5.97. The Morgan fingerprint density at radius 2 is 2.06 bits per heavy atom. The molecule has 1 unspecified atom stereocenters. The summed E-state index contributed by atoms with van der Waals surface area (Å²) in [7, 11) is 0. The molecule has 1 aromatic carbocycles. The van der Waals surface area contributed by atoms with Gasteiger partial charge in [0.2, 0.25) is 5.91 Å². The second-order valence-corrected chi connectivity index (χ2v) is 10.8. The maximum absolute atomic E-state index is 13.6. The van der Waals surface area contributed by atoms with Gasteiger partial charge in [-0.2, -0.15) is 0 Å². The predicted molar refractivity (Wildman–Crippen MR) is 132 cm³/mol. The lowest BCUT2D eigenvalue weighted by Crippen LogP contribution is -2.31. The molecule has 0 radical (unpaired) electrons. The summed E-state index contributed by atoms with van der Waals surface area (Å²) in [5.74, 6) is 0.159. The fourth-order valence-corrected chi connectivity index (χ4v) is 6.39. The molecular formula is C25H24FN3O3S2. The van der Waals surface area contributed by atoms with Gasteiger partial charge in [0.1, 0.15) is 16.4 Å². The van der Waals surface area contributed by atoms with Gasteiger partial charge in [-0.05, 0) is 68.0 Å². The van der Waals surface area contributed by atoms with E-state index < -0.39 is 5.25 Å². The molecule has 3 aromatic heterocycles. The molecule has 5 rings (SSSR count). The van der Waals surface area contributed by atoms with Crippen LogP contribution < -0.4 is 10.9 Å². The molecule has 1 aliphatic carbocycles. The number of thioether (sulfide) groups is 1. The predicted octanol–water partition coefficient (Wildman–Crippen LogP) is 4.91. The van der Waals surface area contributed by atoms with Crippen LogP contribution in [-0.4, -0.2) is 20.7 Å². The minimum Gasteiger partial charge on any atom is -0.467 e. The summed E-state index contributed by atoms with van der Waals surface area (Å²) in [4.78, 5) is 33.3. The van der Waals surface area contributed by atoms with E-state index in [0.717, 1.165) is 41.6 Å². The Morgan fingerprint density at radius 1 is 1.26 bits per heavy atom. The summed E-state index contributed by atoms with van der Waals surface area (Å²) in [6.07, 6.45) is 5.68. The first-order valence-electron chi connectivity index (χ1n) is 11.3. The summed E-state index contributed by atoms with van der Waals surface area (Å²) in [6, 6.07) is 9.63. The topological polar surface area (TPSA) is 77.1 Å². The van der Waals surface area contributed by atoms with Gasteiger partial charge in [0.25, 0.3) is 5.56 Å². The molecule has 1 aliphatic rings. The smallest absolute Gasteiger partial charge is 0.263 e. The van der Waals surface area contributed by atoms with Crippen LogP contribution in [0.4, 0.5) is 4.39 Å². The van der Waals surface area contributed by atoms with Crippen LogP contribution in [0.5, 0.6) is 0 Å². The minimum atomic E-state index is -0.484. The largest absolute Gasteiger partial charge is 0.467 e. The van der Waals surface area contributed by atoms with E-state index in [1.54, 1.807) is 47.3 Å². The van der Waals surface area contributed by atoms with Crippen LogP contribution in [0.15, 0.2) is 57.0 Å². The van der Waals surface area contributed by atoms with E-state index >= 15 is 0 Å². The van der Waals surface area contributed by atoms with Crippen molar-refractivity contribution >= 4 is 39.2 Å². The van der Waals surface area contributed by atoms with Gasteiger partial charge in [-0.25, -0.2) is 9.37 Å². The van der Waals surface area contributed by atoms with Crippen molar-refractivity contribution in [2.24, 2.45) is 0 Å². The molecule has 3 heterocycles. The van der Waals surface area contributed by atoms with Gasteiger partial charge in [-0.1, -0.05) is 23.9 Å². The highest BCUT2D eigenvalue weighted by Crippen LogP contribution is 2.35. The van der Waals surface area contributed by atoms with Crippen LogP contribution in [0.25, 0.3) is 10.2 Å². The summed E-state index contributed by atoms with van der Waals surface area (Å²) in [5.41, 5.74) is 1.87. The summed E-state index contributed by atoms with van der Waals surface area (Å²) >= 11 is 2.85. The van der Waals surface area contributed by atoms with Crippen molar-refractivity contribution in [1.29, 1.82) is 0 Å². The van der Waals surface area contributed by atoms with Crippen LogP contribution in [0.1, 0.15) is 41.5 Å². The Hall–Kier alpha value is -2.91. The second-order valence-electron chi connectivity index (χ2n) is 8.36. The number of hydrogen-bond acceptors (Lipinski definition) is 6. The van der Waals surface area contributed by atoms with Crippen LogP contribution >= 0.6 is 23.1 Å². The first-order valence-corrected chi connectivity index (χ1v) is 13.0. The lowest BCUT2D eigenvalue weighted by molar-refractivity contribution is -0.120. The Kier molecular flexibility index (Phi) is 6.56. The van der Waals surface area contributed by atoms with E-state index in [1.165, 1.54) is 28.8 Å². The van der Waals surface area contributed by atoms with E-state index in [4.69, 9.17) is 9.40 Å². The molecule has 0 fully saturated rings. The number of carbonyl (C=O) groups is 1. The number of halogens is 1. The Labute approximate surface area is 204 Å². The van der Waals surface area contributed by atoms with E-state index in [9.17, 15) is 14.0 Å². The van der Waals surface area contributed by atoms with Crippen molar-refractivity contribution in [3.8, 4) is 0 Å². The maximum atomic E-state index is 13.6. The number of aromatic nitrogens is 2. The molecule has 1 amide bonds. The van der Waals surface area contributed by atoms with Gasteiger partial charge < -0.3 is 9.73 Å². The number of nitrogens with one attached hydrogen (secondary N) is 1. The van der Waals surface area contributed by atoms with Gasteiger partial charge in [-0.3, -0.25) is 14.2 Å². The summed E-state index contributed by atoms with van der Waals surface area (Å²) < 4.78 is 20.2. The fraction of sp³-hybridized carbons (Fsp3) is 0.320. The normalized spacial score (nSPS) is 14.2. The lowest BCUT2D eigenvalue weighted by Gasteiger charge is -2.16. The van der Waals surface area contributed by atoms with Crippen LogP contribution in [0, 0.1) is 5.82 Å². The molecule has 0 spiro atoms. The van der Waals surface area contributed by atoms with Crippen LogP contribution in [0.3, 0.4) is 0 Å². The first-order chi connectivity index (χ1) is 16.5. The van der Waals surface area contributed by atoms with Gasteiger partial charge in [0, 0.05) is 11.4 Å². The summed E-state index contributed by atoms with van der Waals surface area (Å²) in [6.45, 7) is 2.34. The zero-order chi connectivity index (χ0) is 23.7. The number of carbonyl (C=O) groups excluding carboxylic acids is 1. The van der Waals surface area contributed by atoms with E-state index in [1.807, 2.05) is 6.07 Å². The van der Waals surface area contributed by atoms with E-state index in [0.29, 0.717) is 22.8 Å². The molecule has 176 valence electrons. The van der Waals surface area contributed by atoms with E-state index in [-0.39, 0.29) is 23.8 Å². The molecule has 1 atom stereocenters. The fourth-order valence-electron chi connectivity index (χ4n) is 4.15. The zero-order valence-electron chi connectivity index (χ0n) is 18.7. The molecule has 0 bridgehead atoms. The number of aryl methyl sites for hydroxylation is 2. The van der Waals surface area contributed by atoms with Crippen LogP contribution in [-0.2, 0) is 30.7 Å². The highest BCUT2D eigenvalue weighted by Gasteiger charge is 2.25. The molecule has 9 heteroatoms. The van der Waals surface area contributed by atoms with Crippen molar-refractivity contribution in [2.45, 2.75) is 56.1 Å². The number of fused-ring (bicyclic) bond motifs is 3. The van der Waals surface area contributed by atoms with Crippen molar-refractivity contribution < 1.29 is 13.6 Å². The third kappa shape index (κ3) is 4.67. The third-order valence-corrected chi connectivity index (χ3v) is 8.24. The van der Waals surface area contributed by atoms with Gasteiger partial charge >= 0.3 is 0 Å². The Morgan fingerprint density at radius 3 is 2.82 bits per heavy atom. The van der Waals surface area contributed by atoms with Gasteiger partial charge in [0.15, 0.2) is 5.16 Å². The Balaban J connectivity index is 1.43. The van der Waals surface area contributed by atoms with Gasteiger partial charge in [0.05, 0.1) is 23.4 Å². The molecule has 0 aliphatic heterocycles. The molecule has 34 heavy (non-hydrogen) atoms. The maximum Gasteiger partial charge on any atom is 0.263 e. The van der Waals surface area contributed by atoms with Crippen molar-refractivity contribution in [1.82, 2.24) is 14.9 Å². The number of rotatable bonds is 7. The molecule has 0 saturated carbocycles. The number of benzene rings is 1. The van der Waals surface area contributed by atoms with Crippen molar-refractivity contribution in [2.75, 3.05) is 0 Å². The quantitative estimate of drug-likeness (QED) is 0.290. The van der Waals surface area contributed by atoms with Crippen molar-refractivity contribution in [3.63, 3.8) is 0 Å². The highest BCUT2D eigenvalue weighted by atomic mass is 32.2. The standard InChI is InChI=1S/C25H24FN3O3S2/c1-15(22(30)27-13-16-8-10-17(26)11-9-16)33-25-28-23-21(19-6-2-3-7-20(19)34-23)24(31)29(25)14-18-5-4-12-32-18/h4-5,8-12,15H,2-3,6-7,13-14H2,1H3,(H,27,30). The first kappa shape index (κ1) is 22.9. The molecule has 4 aromatic rings. The lowest BCUT2D eigenvalue weighted by atomic mass is 9.97. The number of furan rings is 1. The second kappa shape index (κ2) is 9.76. The average Bonchev–Trinajstić information content (AvgIpc) is 3.48. The number of hydrogen-bond donors (Lipinski definition) is 1. The molecule has 1 N–H and O–H groups in total.